The summed E-state index contributed by atoms with van der Waals surface area (Å²) in [4.78, 5) is 10.7. The summed E-state index contributed by atoms with van der Waals surface area (Å²) in [6.07, 6.45) is -0.734. The molecule has 0 bridgehead atoms. The van der Waals surface area contributed by atoms with Gasteiger partial charge < -0.3 is 10.1 Å². The van der Waals surface area contributed by atoms with Crippen LogP contribution in [0.25, 0.3) is 0 Å². The summed E-state index contributed by atoms with van der Waals surface area (Å²) in [7, 11) is -1.08. The van der Waals surface area contributed by atoms with Crippen LogP contribution in [-0.4, -0.2) is 42.0 Å². The minimum atomic E-state index is -2.31. The molecule has 0 saturated carbocycles. The molecule has 7 heteroatoms. The average molecular weight is 229 g/mol. The van der Waals surface area contributed by atoms with Crippen molar-refractivity contribution in [2.45, 2.75) is 0 Å². The molecule has 0 atom stereocenters. The van der Waals surface area contributed by atoms with E-state index in [1.165, 1.54) is 7.11 Å². The Morgan fingerprint density at radius 2 is 2.00 bits per heavy atom. The van der Waals surface area contributed by atoms with Gasteiger partial charge in [-0.2, -0.15) is 0 Å². The zero-order valence-electron chi connectivity index (χ0n) is 7.32. The van der Waals surface area contributed by atoms with E-state index >= 15 is 0 Å². The Balaban J connectivity index is 0.00000144. The van der Waals surface area contributed by atoms with Gasteiger partial charge in [0, 0.05) is 24.6 Å². The molecule has 1 fully saturated rings. The molecule has 1 aliphatic rings. The van der Waals surface area contributed by atoms with Crippen molar-refractivity contribution in [3.05, 3.63) is 0 Å². The summed E-state index contributed by atoms with van der Waals surface area (Å²) < 4.78 is 19.5. The van der Waals surface area contributed by atoms with Crippen LogP contribution in [0.2, 0.25) is 0 Å². The monoisotopic (exact) mass is 228 g/mol. The van der Waals surface area contributed by atoms with E-state index < -0.39 is 15.8 Å². The predicted octanol–water partition coefficient (Wildman–Crippen LogP) is 0.246. The van der Waals surface area contributed by atoms with Gasteiger partial charge in [-0.15, -0.1) is 16.8 Å². The first-order valence-electron chi connectivity index (χ1n) is 3.67. The van der Waals surface area contributed by atoms with Gasteiger partial charge >= 0.3 is 6.09 Å². The Kier molecular flexibility index (Phi) is 5.27. The van der Waals surface area contributed by atoms with Crippen LogP contribution in [0.4, 0.5) is 4.79 Å². The average Bonchev–Trinajstić information content (AvgIpc) is 2.05. The van der Waals surface area contributed by atoms with Gasteiger partial charge in [-0.3, -0.25) is 0 Å². The van der Waals surface area contributed by atoms with Crippen molar-refractivity contribution in [3.8, 4) is 0 Å². The van der Waals surface area contributed by atoms with Crippen LogP contribution in [0.1, 0.15) is 0 Å². The second-order valence-corrected chi connectivity index (χ2v) is 5.04. The molecule has 0 aromatic heterocycles. The minimum Gasteiger partial charge on any atom is -0.451 e. The van der Waals surface area contributed by atoms with Gasteiger partial charge in [0.2, 0.25) is 0 Å². The lowest BCUT2D eigenvalue weighted by Gasteiger charge is -2.15. The van der Waals surface area contributed by atoms with Gasteiger partial charge in [-0.1, -0.05) is 0 Å². The number of ether oxygens (including phenoxy) is 1. The molecule has 0 radical (unpaired) electrons. The van der Waals surface area contributed by atoms with E-state index in [1.54, 1.807) is 0 Å². The zero-order chi connectivity index (χ0) is 9.03. The summed E-state index contributed by atoms with van der Waals surface area (Å²) >= 11 is 0. The molecule has 5 nitrogen and oxygen atoms in total. The summed E-state index contributed by atoms with van der Waals surface area (Å²) in [5.41, 5.74) is 0. The van der Waals surface area contributed by atoms with Crippen LogP contribution in [0.15, 0.2) is 4.36 Å². The third kappa shape index (κ3) is 3.93. The standard InChI is InChI=1S/C6H12N2O3S.ClH/c1-11-6(9)8-12(10)4-2-7-3-5-12;/h7H,2-5H2,1H3;1H. The number of carbonyl (C=O) groups excluding carboxylic acids is 1. The Labute approximate surface area is 83.8 Å². The molecule has 1 rings (SSSR count). The topological polar surface area (TPSA) is 67.8 Å². The molecule has 1 aliphatic heterocycles. The highest BCUT2D eigenvalue weighted by atomic mass is 35.5. The Morgan fingerprint density at radius 3 is 2.46 bits per heavy atom. The molecule has 0 unspecified atom stereocenters. The maximum absolute atomic E-state index is 11.7. The summed E-state index contributed by atoms with van der Waals surface area (Å²) in [5, 5.41) is 3.04. The molecule has 1 saturated heterocycles. The van der Waals surface area contributed by atoms with Gasteiger partial charge in [-0.05, 0) is 0 Å². The third-order valence-corrected chi connectivity index (χ3v) is 3.78. The van der Waals surface area contributed by atoms with Crippen LogP contribution in [0, 0.1) is 0 Å². The first kappa shape index (κ1) is 12.7. The molecule has 0 aromatic rings. The molecule has 0 aromatic carbocycles. The second-order valence-electron chi connectivity index (χ2n) is 2.49. The van der Waals surface area contributed by atoms with Crippen LogP contribution in [-0.2, 0) is 14.5 Å². The maximum atomic E-state index is 11.7. The van der Waals surface area contributed by atoms with Gasteiger partial charge in [-0.25, -0.2) is 9.00 Å². The van der Waals surface area contributed by atoms with Gasteiger partial charge in [0.15, 0.2) is 0 Å². The number of hydrogen-bond donors (Lipinski definition) is 1. The fraction of sp³-hybridized carbons (Fsp3) is 0.833. The highest BCUT2D eigenvalue weighted by Crippen LogP contribution is 2.01. The molecule has 1 N–H and O–H groups in total. The largest absolute Gasteiger partial charge is 0.451 e. The fourth-order valence-corrected chi connectivity index (χ4v) is 2.61. The van der Waals surface area contributed by atoms with Gasteiger partial charge in [0.05, 0.1) is 16.8 Å². The smallest absolute Gasteiger partial charge is 0.441 e. The van der Waals surface area contributed by atoms with E-state index in [0.717, 1.165) is 0 Å². The molecule has 1 amide bonds. The van der Waals surface area contributed by atoms with E-state index in [4.69, 9.17) is 0 Å². The molecular weight excluding hydrogens is 216 g/mol. The Morgan fingerprint density at radius 1 is 1.46 bits per heavy atom. The quantitative estimate of drug-likeness (QED) is 0.645. The molecule has 78 valence electrons. The number of nitrogens with zero attached hydrogens (tertiary/aromatic N) is 1. The lowest BCUT2D eigenvalue weighted by atomic mass is 10.6. The summed E-state index contributed by atoms with van der Waals surface area (Å²) in [6, 6.07) is 0. The highest BCUT2D eigenvalue weighted by molar-refractivity contribution is 7.93. The summed E-state index contributed by atoms with van der Waals surface area (Å²) in [6.45, 7) is 1.30. The lowest BCUT2D eigenvalue weighted by Crippen LogP contribution is -2.36. The van der Waals surface area contributed by atoms with Gasteiger partial charge in [0.1, 0.15) is 0 Å². The Bertz CT molecular complexity index is 274. The lowest BCUT2D eigenvalue weighted by molar-refractivity contribution is 0.183. The van der Waals surface area contributed by atoms with Crippen molar-refractivity contribution in [3.63, 3.8) is 0 Å². The number of nitrogens with one attached hydrogen (secondary N) is 1. The molecule has 0 aliphatic carbocycles. The van der Waals surface area contributed by atoms with E-state index in [9.17, 15) is 9.00 Å². The summed E-state index contributed by atoms with van der Waals surface area (Å²) in [5.74, 6) is 0.865. The number of methoxy groups -OCH3 is 1. The fourth-order valence-electron chi connectivity index (χ4n) is 0.955. The number of carbonyl (C=O) groups is 1. The van der Waals surface area contributed by atoms with Crippen molar-refractivity contribution < 1.29 is 13.7 Å². The van der Waals surface area contributed by atoms with Crippen LogP contribution in [0.3, 0.4) is 0 Å². The SMILES string of the molecule is COC(=O)N=S1(=O)CCNCC1.Cl. The van der Waals surface area contributed by atoms with Crippen LogP contribution >= 0.6 is 12.4 Å². The van der Waals surface area contributed by atoms with E-state index in [1.807, 2.05) is 0 Å². The number of amides is 1. The minimum absolute atomic E-state index is 0. The zero-order valence-corrected chi connectivity index (χ0v) is 8.95. The van der Waals surface area contributed by atoms with E-state index in [-0.39, 0.29) is 12.4 Å². The molecule has 0 spiro atoms. The van der Waals surface area contributed by atoms with Crippen molar-refractivity contribution in [2.24, 2.45) is 4.36 Å². The normalized spacial score (nSPS) is 19.8. The number of halogens is 1. The van der Waals surface area contributed by atoms with Crippen molar-refractivity contribution in [1.29, 1.82) is 0 Å². The molecular formula is C6H13ClN2O3S. The van der Waals surface area contributed by atoms with E-state index in [2.05, 4.69) is 14.4 Å². The van der Waals surface area contributed by atoms with Crippen molar-refractivity contribution in [2.75, 3.05) is 31.7 Å². The predicted molar refractivity (Wildman–Crippen MR) is 52.8 cm³/mol. The molecule has 13 heavy (non-hydrogen) atoms. The van der Waals surface area contributed by atoms with E-state index in [0.29, 0.717) is 24.6 Å². The number of rotatable bonds is 0. The van der Waals surface area contributed by atoms with Crippen molar-refractivity contribution >= 4 is 28.2 Å². The highest BCUT2D eigenvalue weighted by Gasteiger charge is 2.15. The van der Waals surface area contributed by atoms with Crippen LogP contribution < -0.4 is 5.32 Å². The Hall–Kier alpha value is -0.330. The number of hydrogen-bond acceptors (Lipinski definition) is 4. The first-order valence-corrected chi connectivity index (χ1v) is 5.53. The van der Waals surface area contributed by atoms with Gasteiger partial charge in [0.25, 0.3) is 0 Å². The maximum Gasteiger partial charge on any atom is 0.441 e. The van der Waals surface area contributed by atoms with Crippen LogP contribution in [0.5, 0.6) is 0 Å². The first-order chi connectivity index (χ1) is 5.66. The molecule has 1 heterocycles. The second kappa shape index (κ2) is 5.41. The van der Waals surface area contributed by atoms with Crippen molar-refractivity contribution in [1.82, 2.24) is 5.32 Å². The third-order valence-electron chi connectivity index (χ3n) is 1.61.